The summed E-state index contributed by atoms with van der Waals surface area (Å²) >= 11 is 0. The van der Waals surface area contributed by atoms with Crippen LogP contribution in [0, 0.1) is 11.6 Å². The summed E-state index contributed by atoms with van der Waals surface area (Å²) in [5.74, 6) is -1.30. The molecule has 1 saturated carbocycles. The van der Waals surface area contributed by atoms with Gasteiger partial charge in [-0.05, 0) is 73.0 Å². The lowest BCUT2D eigenvalue weighted by atomic mass is 10.0. The molecule has 1 amide bonds. The Labute approximate surface area is 200 Å². The third-order valence-corrected chi connectivity index (χ3v) is 5.67. The number of anilines is 1. The molecular weight excluding hydrogens is 452 g/mol. The monoisotopic (exact) mass is 473 g/mol. The number of esters is 1. The molecule has 35 heavy (non-hydrogen) atoms. The Morgan fingerprint density at radius 3 is 2.31 bits per heavy atom. The van der Waals surface area contributed by atoms with Crippen LogP contribution in [0.25, 0.3) is 16.8 Å². The fraction of sp³-hybridized carbons (Fsp3) is 0.148. The first-order valence-electron chi connectivity index (χ1n) is 11.1. The minimum atomic E-state index is -0.519. The lowest BCUT2D eigenvalue weighted by molar-refractivity contribution is -0.132. The summed E-state index contributed by atoms with van der Waals surface area (Å²) in [4.78, 5) is 24.4. The second-order valence-electron chi connectivity index (χ2n) is 8.36. The maximum absolute atomic E-state index is 13.9. The maximum atomic E-state index is 13.9. The highest BCUT2D eigenvalue weighted by atomic mass is 19.1. The molecular formula is C27H21F2N3O3. The lowest BCUT2D eigenvalue weighted by Gasteiger charge is -2.10. The first kappa shape index (κ1) is 22.5. The second-order valence-corrected chi connectivity index (χ2v) is 8.36. The van der Waals surface area contributed by atoms with Gasteiger partial charge in [0.25, 0.3) is 5.91 Å². The number of hydrogen-bond acceptors (Lipinski definition) is 4. The van der Waals surface area contributed by atoms with Gasteiger partial charge >= 0.3 is 5.97 Å². The summed E-state index contributed by atoms with van der Waals surface area (Å²) in [6.07, 6.45) is 1.91. The third kappa shape index (κ3) is 4.82. The molecule has 4 aromatic rings. The zero-order valence-corrected chi connectivity index (χ0v) is 18.8. The molecule has 1 aliphatic rings. The van der Waals surface area contributed by atoms with E-state index in [1.54, 1.807) is 36.4 Å². The van der Waals surface area contributed by atoms with Crippen LogP contribution in [0.4, 0.5) is 14.5 Å². The zero-order chi connectivity index (χ0) is 24.5. The molecule has 176 valence electrons. The van der Waals surface area contributed by atoms with Crippen molar-refractivity contribution in [2.45, 2.75) is 25.7 Å². The number of aromatic nitrogens is 2. The lowest BCUT2D eigenvalue weighted by Crippen LogP contribution is -2.11. The van der Waals surface area contributed by atoms with Crippen molar-refractivity contribution in [1.82, 2.24) is 9.78 Å². The van der Waals surface area contributed by atoms with Crippen molar-refractivity contribution in [2.24, 2.45) is 0 Å². The van der Waals surface area contributed by atoms with Crippen molar-refractivity contribution in [3.63, 3.8) is 0 Å². The van der Waals surface area contributed by atoms with Crippen molar-refractivity contribution in [3.8, 4) is 22.7 Å². The van der Waals surface area contributed by atoms with Crippen LogP contribution < -0.4 is 10.1 Å². The Balaban J connectivity index is 1.51. The first-order valence-corrected chi connectivity index (χ1v) is 11.1. The second kappa shape index (κ2) is 9.13. The highest BCUT2D eigenvalue weighted by Crippen LogP contribution is 2.48. The van der Waals surface area contributed by atoms with E-state index in [2.05, 4.69) is 5.32 Å². The molecule has 3 aromatic carbocycles. The third-order valence-electron chi connectivity index (χ3n) is 5.67. The van der Waals surface area contributed by atoms with Gasteiger partial charge in [0.05, 0.1) is 16.9 Å². The first-order chi connectivity index (χ1) is 16.9. The van der Waals surface area contributed by atoms with Crippen molar-refractivity contribution in [3.05, 3.63) is 95.7 Å². The van der Waals surface area contributed by atoms with Gasteiger partial charge in [0.1, 0.15) is 11.6 Å². The molecule has 0 aliphatic heterocycles. The van der Waals surface area contributed by atoms with Gasteiger partial charge in [0.15, 0.2) is 0 Å². The Morgan fingerprint density at radius 1 is 0.971 bits per heavy atom. The average molecular weight is 473 g/mol. The molecule has 1 aromatic heterocycles. The average Bonchev–Trinajstić information content (AvgIpc) is 3.61. The summed E-state index contributed by atoms with van der Waals surface area (Å²) in [5, 5.41) is 7.48. The van der Waals surface area contributed by atoms with E-state index in [0.29, 0.717) is 22.5 Å². The topological polar surface area (TPSA) is 73.2 Å². The summed E-state index contributed by atoms with van der Waals surface area (Å²) in [7, 11) is 0. The van der Waals surface area contributed by atoms with Gasteiger partial charge < -0.3 is 10.1 Å². The van der Waals surface area contributed by atoms with Crippen LogP contribution in [0.5, 0.6) is 5.88 Å². The number of hydrogen-bond donors (Lipinski definition) is 1. The summed E-state index contributed by atoms with van der Waals surface area (Å²) in [6.45, 7) is 1.30. The van der Waals surface area contributed by atoms with E-state index >= 15 is 0 Å². The van der Waals surface area contributed by atoms with Crippen LogP contribution in [-0.2, 0) is 4.79 Å². The fourth-order valence-corrected chi connectivity index (χ4v) is 3.87. The molecule has 0 unspecified atom stereocenters. The molecule has 1 N–H and O–H groups in total. The zero-order valence-electron chi connectivity index (χ0n) is 18.8. The van der Waals surface area contributed by atoms with Gasteiger partial charge in [0, 0.05) is 24.1 Å². The number of nitrogens with zero attached hydrogens (tertiary/aromatic N) is 2. The van der Waals surface area contributed by atoms with E-state index < -0.39 is 17.6 Å². The molecule has 1 fully saturated rings. The standard InChI is InChI=1S/C27H21F2N3O3/c1-16(33)35-27-24(25(18-5-6-18)31-32(27)23-4-2-3-21(29)15-23)17-9-13-22(14-10-17)30-26(34)19-7-11-20(28)12-8-19/h2-4,7-15,18H,5-6H2,1H3,(H,30,34). The van der Waals surface area contributed by atoms with Crippen molar-refractivity contribution in [2.75, 3.05) is 5.32 Å². The Hall–Kier alpha value is -4.33. The van der Waals surface area contributed by atoms with Crippen LogP contribution in [-0.4, -0.2) is 21.7 Å². The van der Waals surface area contributed by atoms with Crippen molar-refractivity contribution >= 4 is 17.6 Å². The van der Waals surface area contributed by atoms with E-state index in [4.69, 9.17) is 9.84 Å². The van der Waals surface area contributed by atoms with E-state index in [1.165, 1.54) is 48.0 Å². The van der Waals surface area contributed by atoms with Gasteiger partial charge in [-0.15, -0.1) is 0 Å². The molecule has 0 bridgehead atoms. The summed E-state index contributed by atoms with van der Waals surface area (Å²) < 4.78 is 34.1. The fourth-order valence-electron chi connectivity index (χ4n) is 3.87. The molecule has 0 spiro atoms. The molecule has 6 nitrogen and oxygen atoms in total. The van der Waals surface area contributed by atoms with E-state index in [9.17, 15) is 18.4 Å². The Bertz CT molecular complexity index is 1410. The van der Waals surface area contributed by atoms with E-state index in [-0.39, 0.29) is 17.7 Å². The minimum Gasteiger partial charge on any atom is -0.407 e. The maximum Gasteiger partial charge on any atom is 0.309 e. The number of benzene rings is 3. The van der Waals surface area contributed by atoms with E-state index in [0.717, 1.165) is 24.1 Å². The minimum absolute atomic E-state index is 0.215. The predicted molar refractivity (Wildman–Crippen MR) is 127 cm³/mol. The number of carbonyl (C=O) groups is 2. The highest BCUT2D eigenvalue weighted by molar-refractivity contribution is 6.04. The number of nitrogens with one attached hydrogen (secondary N) is 1. The molecule has 5 rings (SSSR count). The largest absolute Gasteiger partial charge is 0.407 e. The number of carbonyl (C=O) groups excluding carboxylic acids is 2. The molecule has 0 radical (unpaired) electrons. The number of ether oxygens (including phenoxy) is 1. The van der Waals surface area contributed by atoms with Crippen LogP contribution in [0.15, 0.2) is 72.8 Å². The van der Waals surface area contributed by atoms with Crippen molar-refractivity contribution < 1.29 is 23.1 Å². The van der Waals surface area contributed by atoms with Gasteiger partial charge in [-0.25, -0.2) is 8.78 Å². The number of halogens is 2. The van der Waals surface area contributed by atoms with Crippen molar-refractivity contribution in [1.29, 1.82) is 0 Å². The van der Waals surface area contributed by atoms with E-state index in [1.807, 2.05) is 0 Å². The Morgan fingerprint density at radius 2 is 1.69 bits per heavy atom. The van der Waals surface area contributed by atoms with Gasteiger partial charge in [-0.3, -0.25) is 9.59 Å². The molecule has 8 heteroatoms. The SMILES string of the molecule is CC(=O)Oc1c(-c2ccc(NC(=O)c3ccc(F)cc3)cc2)c(C2CC2)nn1-c1cccc(F)c1. The number of rotatable bonds is 6. The molecule has 0 saturated heterocycles. The van der Waals surface area contributed by atoms with Gasteiger partial charge in [0.2, 0.25) is 5.88 Å². The van der Waals surface area contributed by atoms with Crippen LogP contribution >= 0.6 is 0 Å². The van der Waals surface area contributed by atoms with Crippen LogP contribution in [0.3, 0.4) is 0 Å². The summed E-state index contributed by atoms with van der Waals surface area (Å²) in [6, 6.07) is 18.2. The van der Waals surface area contributed by atoms with Crippen LogP contribution in [0.1, 0.15) is 41.7 Å². The number of amides is 1. The highest BCUT2D eigenvalue weighted by Gasteiger charge is 2.34. The predicted octanol–water partition coefficient (Wildman–Crippen LogP) is 5.87. The summed E-state index contributed by atoms with van der Waals surface area (Å²) in [5.41, 5.74) is 3.49. The van der Waals surface area contributed by atoms with Crippen LogP contribution in [0.2, 0.25) is 0 Å². The van der Waals surface area contributed by atoms with Gasteiger partial charge in [-0.2, -0.15) is 9.78 Å². The van der Waals surface area contributed by atoms with Gasteiger partial charge in [-0.1, -0.05) is 18.2 Å². The smallest absolute Gasteiger partial charge is 0.309 e. The quantitative estimate of drug-likeness (QED) is 0.356. The molecule has 1 heterocycles. The molecule has 1 aliphatic carbocycles. The normalized spacial score (nSPS) is 12.9. The molecule has 0 atom stereocenters. The Kier molecular flexibility index (Phi) is 5.86.